The number of benzene rings is 1. The molecular weight excluding hydrogens is 222 g/mol. The predicted molar refractivity (Wildman–Crippen MR) is 72.6 cm³/mol. The standard InChI is InChI=1S/C16H21NO/c1-10-3-4-11(2)14(7-10)16(18)17-15-9-12-5-6-13(15)8-12/h3-4,7,12-13,15H,5-6,8-9H2,1-2H3,(H,17,18)/t12-,13-,15-/m0/s1. The van der Waals surface area contributed by atoms with Crippen molar-refractivity contribution in [2.75, 3.05) is 0 Å². The van der Waals surface area contributed by atoms with Crippen LogP contribution in [0.4, 0.5) is 0 Å². The Hall–Kier alpha value is -1.31. The predicted octanol–water partition coefficient (Wildman–Crippen LogP) is 3.22. The van der Waals surface area contributed by atoms with Crippen molar-refractivity contribution in [2.45, 2.75) is 45.6 Å². The topological polar surface area (TPSA) is 29.1 Å². The van der Waals surface area contributed by atoms with Crippen LogP contribution in [0.25, 0.3) is 0 Å². The molecule has 2 fully saturated rings. The summed E-state index contributed by atoms with van der Waals surface area (Å²) in [6, 6.07) is 6.52. The summed E-state index contributed by atoms with van der Waals surface area (Å²) in [4.78, 5) is 12.3. The zero-order chi connectivity index (χ0) is 12.7. The third-order valence-corrected chi connectivity index (χ3v) is 4.69. The summed E-state index contributed by atoms with van der Waals surface area (Å²) in [6.45, 7) is 4.04. The SMILES string of the molecule is Cc1ccc(C)c(C(=O)N[C@H]2C[C@H]3CC[C@H]2C3)c1. The van der Waals surface area contributed by atoms with E-state index in [0.29, 0.717) is 6.04 Å². The maximum Gasteiger partial charge on any atom is 0.251 e. The van der Waals surface area contributed by atoms with Crippen LogP contribution < -0.4 is 5.32 Å². The van der Waals surface area contributed by atoms with E-state index in [1.807, 2.05) is 26.0 Å². The lowest BCUT2D eigenvalue weighted by atomic mass is 9.94. The van der Waals surface area contributed by atoms with Crippen molar-refractivity contribution in [3.63, 3.8) is 0 Å². The first kappa shape index (κ1) is 11.8. The molecule has 0 saturated heterocycles. The highest BCUT2D eigenvalue weighted by atomic mass is 16.1. The molecule has 2 aliphatic rings. The normalized spacial score (nSPS) is 29.6. The number of hydrogen-bond donors (Lipinski definition) is 1. The third-order valence-electron chi connectivity index (χ3n) is 4.69. The lowest BCUT2D eigenvalue weighted by Gasteiger charge is -2.23. The van der Waals surface area contributed by atoms with E-state index in [0.717, 1.165) is 28.5 Å². The van der Waals surface area contributed by atoms with Crippen LogP contribution in [0.1, 0.15) is 47.2 Å². The number of carbonyl (C=O) groups excluding carboxylic acids is 1. The van der Waals surface area contributed by atoms with Gasteiger partial charge in [0.25, 0.3) is 5.91 Å². The fourth-order valence-electron chi connectivity index (χ4n) is 3.65. The largest absolute Gasteiger partial charge is 0.349 e. The molecule has 0 radical (unpaired) electrons. The van der Waals surface area contributed by atoms with Crippen molar-refractivity contribution >= 4 is 5.91 Å². The number of nitrogens with one attached hydrogen (secondary N) is 1. The summed E-state index contributed by atoms with van der Waals surface area (Å²) in [5.74, 6) is 1.73. The van der Waals surface area contributed by atoms with Gasteiger partial charge >= 0.3 is 0 Å². The molecule has 2 aliphatic carbocycles. The third kappa shape index (κ3) is 2.05. The Morgan fingerprint density at radius 1 is 1.22 bits per heavy atom. The van der Waals surface area contributed by atoms with E-state index in [1.54, 1.807) is 0 Å². The van der Waals surface area contributed by atoms with Crippen molar-refractivity contribution < 1.29 is 4.79 Å². The van der Waals surface area contributed by atoms with Crippen molar-refractivity contribution in [3.05, 3.63) is 34.9 Å². The van der Waals surface area contributed by atoms with Crippen LogP contribution in [0, 0.1) is 25.7 Å². The first-order chi connectivity index (χ1) is 8.63. The number of fused-ring (bicyclic) bond motifs is 2. The van der Waals surface area contributed by atoms with E-state index < -0.39 is 0 Å². The average molecular weight is 243 g/mol. The first-order valence-corrected chi connectivity index (χ1v) is 7.01. The molecule has 1 aromatic carbocycles. The van der Waals surface area contributed by atoms with Crippen LogP contribution in [-0.4, -0.2) is 11.9 Å². The quantitative estimate of drug-likeness (QED) is 0.849. The molecule has 0 aliphatic heterocycles. The second kappa shape index (κ2) is 4.42. The minimum atomic E-state index is 0.119. The Morgan fingerprint density at radius 3 is 2.72 bits per heavy atom. The number of amides is 1. The molecule has 18 heavy (non-hydrogen) atoms. The van der Waals surface area contributed by atoms with Gasteiger partial charge in [0.2, 0.25) is 0 Å². The Bertz CT molecular complexity index is 480. The smallest absolute Gasteiger partial charge is 0.251 e. The van der Waals surface area contributed by atoms with Crippen LogP contribution in [-0.2, 0) is 0 Å². The van der Waals surface area contributed by atoms with Crippen molar-refractivity contribution in [3.8, 4) is 0 Å². The summed E-state index contributed by atoms with van der Waals surface area (Å²) < 4.78 is 0. The molecule has 0 aromatic heterocycles. The molecule has 3 rings (SSSR count). The van der Waals surface area contributed by atoms with Gasteiger partial charge in [0.05, 0.1) is 0 Å². The molecule has 2 saturated carbocycles. The second-order valence-corrected chi connectivity index (χ2v) is 6.07. The molecule has 1 amide bonds. The van der Waals surface area contributed by atoms with Crippen LogP contribution in [0.2, 0.25) is 0 Å². The Morgan fingerprint density at radius 2 is 2.06 bits per heavy atom. The van der Waals surface area contributed by atoms with Gasteiger partial charge in [-0.2, -0.15) is 0 Å². The first-order valence-electron chi connectivity index (χ1n) is 7.01. The summed E-state index contributed by atoms with van der Waals surface area (Å²) in [7, 11) is 0. The molecule has 0 unspecified atom stereocenters. The molecule has 0 heterocycles. The van der Waals surface area contributed by atoms with Crippen molar-refractivity contribution in [1.82, 2.24) is 5.32 Å². The van der Waals surface area contributed by atoms with E-state index in [9.17, 15) is 4.79 Å². The maximum absolute atomic E-state index is 12.3. The number of carbonyl (C=O) groups is 1. The van der Waals surface area contributed by atoms with Gasteiger partial charge in [-0.05, 0) is 56.6 Å². The summed E-state index contributed by atoms with van der Waals surface area (Å²) >= 11 is 0. The van der Waals surface area contributed by atoms with E-state index in [1.165, 1.54) is 25.7 Å². The number of aryl methyl sites for hydroxylation is 2. The molecule has 2 nitrogen and oxygen atoms in total. The van der Waals surface area contributed by atoms with Crippen LogP contribution in [0.5, 0.6) is 0 Å². The highest BCUT2D eigenvalue weighted by molar-refractivity contribution is 5.96. The summed E-state index contributed by atoms with van der Waals surface area (Å²) in [5, 5.41) is 3.26. The molecule has 1 N–H and O–H groups in total. The van der Waals surface area contributed by atoms with Gasteiger partial charge in [-0.15, -0.1) is 0 Å². The Kier molecular flexibility index (Phi) is 2.89. The minimum absolute atomic E-state index is 0.119. The summed E-state index contributed by atoms with van der Waals surface area (Å²) in [6.07, 6.45) is 5.21. The van der Waals surface area contributed by atoms with E-state index in [-0.39, 0.29) is 5.91 Å². The fraction of sp³-hybridized carbons (Fsp3) is 0.562. The maximum atomic E-state index is 12.3. The van der Waals surface area contributed by atoms with E-state index >= 15 is 0 Å². The molecule has 1 aromatic rings. The molecule has 0 spiro atoms. The summed E-state index contributed by atoms with van der Waals surface area (Å²) in [5.41, 5.74) is 3.07. The van der Waals surface area contributed by atoms with Gasteiger partial charge in [0.15, 0.2) is 0 Å². The number of hydrogen-bond acceptors (Lipinski definition) is 1. The minimum Gasteiger partial charge on any atom is -0.349 e. The molecule has 96 valence electrons. The zero-order valence-corrected chi connectivity index (χ0v) is 11.2. The highest BCUT2D eigenvalue weighted by Crippen LogP contribution is 2.44. The van der Waals surface area contributed by atoms with Crippen molar-refractivity contribution in [1.29, 1.82) is 0 Å². The highest BCUT2D eigenvalue weighted by Gasteiger charge is 2.40. The van der Waals surface area contributed by atoms with E-state index in [4.69, 9.17) is 0 Å². The van der Waals surface area contributed by atoms with Crippen LogP contribution >= 0.6 is 0 Å². The average Bonchev–Trinajstić information content (AvgIpc) is 2.94. The lowest BCUT2D eigenvalue weighted by Crippen LogP contribution is -2.38. The fourth-order valence-corrected chi connectivity index (χ4v) is 3.65. The van der Waals surface area contributed by atoms with Gasteiger partial charge in [-0.1, -0.05) is 24.1 Å². The monoisotopic (exact) mass is 243 g/mol. The molecular formula is C16H21NO. The van der Waals surface area contributed by atoms with Crippen LogP contribution in [0.15, 0.2) is 18.2 Å². The second-order valence-electron chi connectivity index (χ2n) is 6.07. The zero-order valence-electron chi connectivity index (χ0n) is 11.2. The Labute approximate surface area is 109 Å². The van der Waals surface area contributed by atoms with E-state index in [2.05, 4.69) is 11.4 Å². The van der Waals surface area contributed by atoms with Crippen LogP contribution in [0.3, 0.4) is 0 Å². The lowest BCUT2D eigenvalue weighted by molar-refractivity contribution is 0.0922. The van der Waals surface area contributed by atoms with Gasteiger partial charge in [0.1, 0.15) is 0 Å². The van der Waals surface area contributed by atoms with Gasteiger partial charge in [0, 0.05) is 11.6 Å². The Balaban J connectivity index is 1.73. The van der Waals surface area contributed by atoms with Gasteiger partial charge in [-0.3, -0.25) is 4.79 Å². The van der Waals surface area contributed by atoms with Gasteiger partial charge < -0.3 is 5.32 Å². The molecule has 2 bridgehead atoms. The molecule has 2 heteroatoms. The van der Waals surface area contributed by atoms with Gasteiger partial charge in [-0.25, -0.2) is 0 Å². The molecule has 3 atom stereocenters. The van der Waals surface area contributed by atoms with Crippen molar-refractivity contribution in [2.24, 2.45) is 11.8 Å². The number of rotatable bonds is 2.